The third-order valence-corrected chi connectivity index (χ3v) is 4.16. The number of aromatic nitrogens is 2. The Balaban J connectivity index is 1.90. The number of aromatic amines is 1. The lowest BCUT2D eigenvalue weighted by molar-refractivity contribution is 0.0731. The smallest absolute Gasteiger partial charge is 0.254 e. The number of carbonyl (C=O) groups excluding carboxylic acids is 1. The lowest BCUT2D eigenvalue weighted by atomic mass is 10.1. The number of hydrogen-bond donors (Lipinski definition) is 2. The van der Waals surface area contributed by atoms with Crippen LogP contribution in [-0.4, -0.2) is 48.9 Å². The minimum atomic E-state index is -0.118. The summed E-state index contributed by atoms with van der Waals surface area (Å²) in [6, 6.07) is 3.31. The highest BCUT2D eigenvalue weighted by Crippen LogP contribution is 2.38. The maximum absolute atomic E-state index is 12.9. The molecule has 0 saturated heterocycles. The molecule has 1 amide bonds. The molecule has 0 bridgehead atoms. The molecule has 1 aliphatic rings. The van der Waals surface area contributed by atoms with Crippen molar-refractivity contribution in [1.29, 1.82) is 0 Å². The topological polar surface area (TPSA) is 103 Å². The molecule has 0 radical (unpaired) electrons. The van der Waals surface area contributed by atoms with Crippen LogP contribution in [0.2, 0.25) is 0 Å². The molecular weight excluding hydrogens is 312 g/mol. The molecule has 8 nitrogen and oxygen atoms in total. The van der Waals surface area contributed by atoms with Gasteiger partial charge in [0.2, 0.25) is 5.75 Å². The number of methoxy groups -OCH3 is 3. The Hall–Kier alpha value is -2.90. The molecule has 2 heterocycles. The number of ether oxygens (including phenoxy) is 3. The molecule has 24 heavy (non-hydrogen) atoms. The zero-order valence-electron chi connectivity index (χ0n) is 13.9. The number of amides is 1. The molecule has 1 aromatic carbocycles. The molecule has 3 rings (SSSR count). The third kappa shape index (κ3) is 2.60. The first-order valence-electron chi connectivity index (χ1n) is 7.49. The van der Waals surface area contributed by atoms with Crippen LogP contribution in [0.25, 0.3) is 0 Å². The van der Waals surface area contributed by atoms with Crippen molar-refractivity contribution in [1.82, 2.24) is 15.1 Å². The van der Waals surface area contributed by atoms with E-state index in [1.165, 1.54) is 21.3 Å². The van der Waals surface area contributed by atoms with E-state index >= 15 is 0 Å². The van der Waals surface area contributed by atoms with Crippen LogP contribution in [0, 0.1) is 0 Å². The minimum Gasteiger partial charge on any atom is -0.493 e. The van der Waals surface area contributed by atoms with Gasteiger partial charge in [0.15, 0.2) is 11.5 Å². The van der Waals surface area contributed by atoms with Crippen molar-refractivity contribution in [3.63, 3.8) is 0 Å². The number of carbonyl (C=O) groups is 1. The van der Waals surface area contributed by atoms with Crippen molar-refractivity contribution in [2.75, 3.05) is 33.6 Å². The van der Waals surface area contributed by atoms with E-state index in [0.717, 1.165) is 11.3 Å². The number of anilines is 1. The molecule has 0 spiro atoms. The summed E-state index contributed by atoms with van der Waals surface area (Å²) in [7, 11) is 4.56. The van der Waals surface area contributed by atoms with Crippen LogP contribution < -0.4 is 19.9 Å². The molecule has 1 aromatic heterocycles. The van der Waals surface area contributed by atoms with Gasteiger partial charge in [0.25, 0.3) is 5.91 Å². The van der Waals surface area contributed by atoms with E-state index in [4.69, 9.17) is 19.9 Å². The van der Waals surface area contributed by atoms with Crippen LogP contribution in [0.5, 0.6) is 17.2 Å². The number of fused-ring (bicyclic) bond motifs is 1. The van der Waals surface area contributed by atoms with Gasteiger partial charge in [-0.15, -0.1) is 0 Å². The summed E-state index contributed by atoms with van der Waals surface area (Å²) >= 11 is 0. The van der Waals surface area contributed by atoms with Gasteiger partial charge in [-0.25, -0.2) is 0 Å². The Kier molecular flexibility index (Phi) is 4.20. The number of nitrogen functional groups attached to an aromatic ring is 1. The Morgan fingerprint density at radius 2 is 1.88 bits per heavy atom. The van der Waals surface area contributed by atoms with Crippen molar-refractivity contribution in [3.05, 3.63) is 29.0 Å². The molecule has 0 saturated carbocycles. The first kappa shape index (κ1) is 16.0. The van der Waals surface area contributed by atoms with Crippen LogP contribution in [0.3, 0.4) is 0 Å². The quantitative estimate of drug-likeness (QED) is 0.872. The Morgan fingerprint density at radius 1 is 1.21 bits per heavy atom. The van der Waals surface area contributed by atoms with Gasteiger partial charge in [-0.3, -0.25) is 9.89 Å². The normalized spacial score (nSPS) is 13.4. The van der Waals surface area contributed by atoms with Gasteiger partial charge in [0, 0.05) is 17.7 Å². The second-order valence-electron chi connectivity index (χ2n) is 5.46. The average Bonchev–Trinajstić information content (AvgIpc) is 3.00. The maximum atomic E-state index is 12.9. The summed E-state index contributed by atoms with van der Waals surface area (Å²) in [5.41, 5.74) is 8.15. The molecule has 0 aliphatic carbocycles. The monoisotopic (exact) mass is 332 g/mol. The van der Waals surface area contributed by atoms with Crippen molar-refractivity contribution in [3.8, 4) is 17.2 Å². The number of hydrogen-bond acceptors (Lipinski definition) is 6. The number of nitrogens with zero attached hydrogens (tertiary/aromatic N) is 2. The van der Waals surface area contributed by atoms with Gasteiger partial charge in [0.1, 0.15) is 5.82 Å². The summed E-state index contributed by atoms with van der Waals surface area (Å²) in [5.74, 6) is 1.74. The highest BCUT2D eigenvalue weighted by Gasteiger charge is 2.26. The maximum Gasteiger partial charge on any atom is 0.254 e. The second-order valence-corrected chi connectivity index (χ2v) is 5.46. The summed E-state index contributed by atoms with van der Waals surface area (Å²) in [4.78, 5) is 14.6. The largest absolute Gasteiger partial charge is 0.493 e. The summed E-state index contributed by atoms with van der Waals surface area (Å²) in [5, 5.41) is 6.89. The number of benzene rings is 1. The number of H-pyrrole nitrogens is 1. The van der Waals surface area contributed by atoms with Gasteiger partial charge in [-0.05, 0) is 18.6 Å². The van der Waals surface area contributed by atoms with Crippen molar-refractivity contribution < 1.29 is 19.0 Å². The van der Waals surface area contributed by atoms with Gasteiger partial charge in [0.05, 0.1) is 33.6 Å². The van der Waals surface area contributed by atoms with Crippen molar-refractivity contribution >= 4 is 11.7 Å². The standard InChI is InChI=1S/C16H20N4O4/c1-22-12-6-9(7-13(23-2)14(12)24-3)16(21)20-5-4-10-11(8-20)18-19-15(10)17/h6-7H,4-5,8H2,1-3H3,(H3,17,18,19). The first-order chi connectivity index (χ1) is 11.6. The summed E-state index contributed by atoms with van der Waals surface area (Å²) in [6.07, 6.45) is 0.674. The summed E-state index contributed by atoms with van der Waals surface area (Å²) < 4.78 is 15.9. The number of nitrogens with two attached hydrogens (primary N) is 1. The SMILES string of the molecule is COc1cc(C(=O)N2CCc3c(N)n[nH]c3C2)cc(OC)c1OC. The molecule has 0 unspecified atom stereocenters. The van der Waals surface area contributed by atoms with Crippen LogP contribution in [0.1, 0.15) is 21.6 Å². The molecule has 128 valence electrons. The van der Waals surface area contributed by atoms with Crippen LogP contribution >= 0.6 is 0 Å². The van der Waals surface area contributed by atoms with Crippen molar-refractivity contribution in [2.24, 2.45) is 0 Å². The van der Waals surface area contributed by atoms with E-state index < -0.39 is 0 Å². The Labute approximate surface area is 139 Å². The highest BCUT2D eigenvalue weighted by atomic mass is 16.5. The third-order valence-electron chi connectivity index (χ3n) is 4.16. The lowest BCUT2D eigenvalue weighted by Gasteiger charge is -2.27. The fourth-order valence-electron chi connectivity index (χ4n) is 2.90. The lowest BCUT2D eigenvalue weighted by Crippen LogP contribution is -2.36. The van der Waals surface area contributed by atoms with Gasteiger partial charge in [-0.2, -0.15) is 5.10 Å². The van der Waals surface area contributed by atoms with Crippen LogP contribution in [0.15, 0.2) is 12.1 Å². The minimum absolute atomic E-state index is 0.118. The Morgan fingerprint density at radius 3 is 2.46 bits per heavy atom. The van der Waals surface area contributed by atoms with Gasteiger partial charge in [-0.1, -0.05) is 0 Å². The Bertz CT molecular complexity index is 746. The van der Waals surface area contributed by atoms with E-state index in [1.807, 2.05) is 0 Å². The predicted octanol–water partition coefficient (Wildman–Crippen LogP) is 1.22. The van der Waals surface area contributed by atoms with E-state index in [-0.39, 0.29) is 5.91 Å². The molecule has 1 aliphatic heterocycles. The van der Waals surface area contributed by atoms with Crippen molar-refractivity contribution in [2.45, 2.75) is 13.0 Å². The average molecular weight is 332 g/mol. The molecule has 2 aromatic rings. The van der Waals surface area contributed by atoms with Gasteiger partial charge < -0.3 is 24.8 Å². The van der Waals surface area contributed by atoms with Crippen LogP contribution in [-0.2, 0) is 13.0 Å². The second kappa shape index (κ2) is 6.31. The summed E-state index contributed by atoms with van der Waals surface area (Å²) in [6.45, 7) is 1.02. The highest BCUT2D eigenvalue weighted by molar-refractivity contribution is 5.95. The predicted molar refractivity (Wildman–Crippen MR) is 87.5 cm³/mol. The number of rotatable bonds is 4. The fraction of sp³-hybridized carbons (Fsp3) is 0.375. The van der Waals surface area contributed by atoms with Crippen LogP contribution in [0.4, 0.5) is 5.82 Å². The van der Waals surface area contributed by atoms with E-state index in [2.05, 4.69) is 10.2 Å². The van der Waals surface area contributed by atoms with E-state index in [9.17, 15) is 4.79 Å². The van der Waals surface area contributed by atoms with Gasteiger partial charge >= 0.3 is 0 Å². The first-order valence-corrected chi connectivity index (χ1v) is 7.49. The molecular formula is C16H20N4O4. The fourth-order valence-corrected chi connectivity index (χ4v) is 2.90. The molecule has 0 fully saturated rings. The zero-order chi connectivity index (χ0) is 17.3. The zero-order valence-corrected chi connectivity index (χ0v) is 13.9. The molecule has 0 atom stereocenters. The number of nitrogens with one attached hydrogen (secondary N) is 1. The molecule has 8 heteroatoms. The molecule has 3 N–H and O–H groups in total. The van der Waals surface area contributed by atoms with E-state index in [0.29, 0.717) is 48.1 Å². The van der Waals surface area contributed by atoms with E-state index in [1.54, 1.807) is 17.0 Å².